The second-order valence-corrected chi connectivity index (χ2v) is 7.19. The van der Waals surface area contributed by atoms with E-state index in [4.69, 9.17) is 9.47 Å². The van der Waals surface area contributed by atoms with E-state index >= 15 is 0 Å². The number of nitrogens with zero attached hydrogens (tertiary/aromatic N) is 2. The van der Waals surface area contributed by atoms with Crippen LogP contribution < -0.4 is 19.8 Å². The van der Waals surface area contributed by atoms with Crippen molar-refractivity contribution in [2.75, 3.05) is 32.2 Å². The number of carbonyl (C=O) groups is 1. The summed E-state index contributed by atoms with van der Waals surface area (Å²) in [5.74, 6) is 1.18. The van der Waals surface area contributed by atoms with Gasteiger partial charge in [-0.25, -0.2) is 5.43 Å². The third kappa shape index (κ3) is 3.94. The van der Waals surface area contributed by atoms with Gasteiger partial charge < -0.3 is 14.4 Å². The fourth-order valence-corrected chi connectivity index (χ4v) is 3.86. The van der Waals surface area contributed by atoms with Gasteiger partial charge in [-0.05, 0) is 35.7 Å². The monoisotopic (exact) mass is 403 g/mol. The molecule has 1 N–H and O–H groups in total. The van der Waals surface area contributed by atoms with Crippen LogP contribution in [0.15, 0.2) is 59.7 Å². The molecule has 0 aliphatic carbocycles. The van der Waals surface area contributed by atoms with Gasteiger partial charge in [-0.1, -0.05) is 36.4 Å². The zero-order valence-corrected chi connectivity index (χ0v) is 17.2. The number of amides is 1. The first-order valence-corrected chi connectivity index (χ1v) is 10.0. The second kappa shape index (κ2) is 8.86. The number of hydrogen-bond acceptors (Lipinski definition) is 5. The van der Waals surface area contributed by atoms with Crippen LogP contribution in [0.25, 0.3) is 10.8 Å². The molecule has 1 aliphatic heterocycles. The van der Waals surface area contributed by atoms with E-state index in [0.717, 1.165) is 40.9 Å². The number of fused-ring (bicyclic) bond motifs is 1. The molecule has 0 radical (unpaired) electrons. The van der Waals surface area contributed by atoms with Crippen molar-refractivity contribution in [2.24, 2.45) is 5.10 Å². The van der Waals surface area contributed by atoms with Gasteiger partial charge in [-0.15, -0.1) is 0 Å². The minimum Gasteiger partial charge on any atom is -0.496 e. The Morgan fingerprint density at radius 3 is 2.50 bits per heavy atom. The van der Waals surface area contributed by atoms with Crippen LogP contribution in [0.2, 0.25) is 0 Å². The molecule has 1 aliphatic rings. The van der Waals surface area contributed by atoms with Crippen molar-refractivity contribution < 1.29 is 14.3 Å². The van der Waals surface area contributed by atoms with Gasteiger partial charge in [0.1, 0.15) is 11.5 Å². The van der Waals surface area contributed by atoms with E-state index in [9.17, 15) is 4.79 Å². The van der Waals surface area contributed by atoms with Gasteiger partial charge >= 0.3 is 0 Å². The van der Waals surface area contributed by atoms with Crippen LogP contribution in [0.4, 0.5) is 5.69 Å². The Kier molecular flexibility index (Phi) is 5.84. The van der Waals surface area contributed by atoms with Crippen LogP contribution in [0.1, 0.15) is 28.8 Å². The zero-order valence-electron chi connectivity index (χ0n) is 17.2. The van der Waals surface area contributed by atoms with Crippen LogP contribution in [0.5, 0.6) is 11.5 Å². The Balaban J connectivity index is 1.56. The molecule has 0 unspecified atom stereocenters. The van der Waals surface area contributed by atoms with Crippen molar-refractivity contribution >= 4 is 28.6 Å². The first kappa shape index (κ1) is 19.8. The highest BCUT2D eigenvalue weighted by molar-refractivity contribution is 6.07. The van der Waals surface area contributed by atoms with Gasteiger partial charge in [0.15, 0.2) is 0 Å². The predicted octanol–water partition coefficient (Wildman–Crippen LogP) is 4.22. The highest BCUT2D eigenvalue weighted by Crippen LogP contribution is 2.36. The van der Waals surface area contributed by atoms with Crippen molar-refractivity contribution in [1.82, 2.24) is 5.43 Å². The molecule has 6 heteroatoms. The fraction of sp³-hybridized carbons (Fsp3) is 0.250. The molecule has 6 nitrogen and oxygen atoms in total. The quantitative estimate of drug-likeness (QED) is 0.494. The maximum atomic E-state index is 12.7. The third-order valence-electron chi connectivity index (χ3n) is 5.38. The lowest BCUT2D eigenvalue weighted by Crippen LogP contribution is -2.19. The number of hydrogen-bond donors (Lipinski definition) is 1. The Morgan fingerprint density at radius 2 is 1.73 bits per heavy atom. The summed E-state index contributed by atoms with van der Waals surface area (Å²) < 4.78 is 11.2. The average Bonchev–Trinajstić information content (AvgIpc) is 3.33. The number of ether oxygens (including phenoxy) is 2. The molecular weight excluding hydrogens is 378 g/mol. The van der Waals surface area contributed by atoms with E-state index in [1.54, 1.807) is 26.5 Å². The second-order valence-electron chi connectivity index (χ2n) is 7.19. The standard InChI is InChI=1S/C24H25N3O3/c1-29-22-15-21(27-12-5-6-13-27)23(30-2)14-18(22)16-25-26-24(28)20-11-7-9-17-8-3-4-10-19(17)20/h3-4,7-11,14-16H,5-6,12-13H2,1-2H3,(H,26,28)/b25-16-. The number of methoxy groups -OCH3 is 2. The Labute approximate surface area is 176 Å². The largest absolute Gasteiger partial charge is 0.496 e. The van der Waals surface area contributed by atoms with Gasteiger partial charge in [0, 0.05) is 30.3 Å². The molecule has 154 valence electrons. The van der Waals surface area contributed by atoms with Gasteiger partial charge in [0.2, 0.25) is 0 Å². The van der Waals surface area contributed by atoms with Gasteiger partial charge in [-0.3, -0.25) is 4.79 Å². The summed E-state index contributed by atoms with van der Waals surface area (Å²) in [6, 6.07) is 17.3. The number of benzene rings is 3. The molecule has 1 amide bonds. The summed E-state index contributed by atoms with van der Waals surface area (Å²) in [5, 5.41) is 6.06. The molecule has 0 atom stereocenters. The molecule has 0 spiro atoms. The van der Waals surface area contributed by atoms with Crippen LogP contribution >= 0.6 is 0 Å². The molecule has 3 aromatic rings. The molecule has 1 fully saturated rings. The Bertz CT molecular complexity index is 1080. The Hall–Kier alpha value is -3.54. The minimum absolute atomic E-state index is 0.261. The zero-order chi connectivity index (χ0) is 20.9. The van der Waals surface area contributed by atoms with Crippen LogP contribution in [0.3, 0.4) is 0 Å². The van der Waals surface area contributed by atoms with Crippen molar-refractivity contribution in [3.05, 3.63) is 65.7 Å². The molecule has 1 saturated heterocycles. The maximum Gasteiger partial charge on any atom is 0.271 e. The van der Waals surface area contributed by atoms with Gasteiger partial charge in [0.05, 0.1) is 26.1 Å². The minimum atomic E-state index is -0.261. The maximum absolute atomic E-state index is 12.7. The van der Waals surface area contributed by atoms with Crippen molar-refractivity contribution in [2.45, 2.75) is 12.8 Å². The molecule has 0 saturated carbocycles. The van der Waals surface area contributed by atoms with Crippen LogP contribution in [-0.2, 0) is 0 Å². The number of nitrogens with one attached hydrogen (secondary N) is 1. The van der Waals surface area contributed by atoms with Crippen LogP contribution in [0, 0.1) is 0 Å². The van der Waals surface area contributed by atoms with E-state index in [-0.39, 0.29) is 5.91 Å². The van der Waals surface area contributed by atoms with Gasteiger partial charge in [0.25, 0.3) is 5.91 Å². The lowest BCUT2D eigenvalue weighted by Gasteiger charge is -2.22. The van der Waals surface area contributed by atoms with Crippen molar-refractivity contribution in [3.63, 3.8) is 0 Å². The van der Waals surface area contributed by atoms with Crippen LogP contribution in [-0.4, -0.2) is 39.4 Å². The number of carbonyl (C=O) groups excluding carboxylic acids is 1. The van der Waals surface area contributed by atoms with Gasteiger partial charge in [-0.2, -0.15) is 5.10 Å². The highest BCUT2D eigenvalue weighted by Gasteiger charge is 2.19. The summed E-state index contributed by atoms with van der Waals surface area (Å²) in [5.41, 5.74) is 4.95. The summed E-state index contributed by atoms with van der Waals surface area (Å²) in [6.07, 6.45) is 3.93. The SMILES string of the molecule is COc1cc(N2CCCC2)c(OC)cc1/C=N\NC(=O)c1cccc2ccccc12. The van der Waals surface area contributed by atoms with E-state index in [1.165, 1.54) is 12.8 Å². The number of rotatable bonds is 6. The van der Waals surface area contributed by atoms with E-state index in [2.05, 4.69) is 15.4 Å². The Morgan fingerprint density at radius 1 is 1.00 bits per heavy atom. The van der Waals surface area contributed by atoms with Crippen molar-refractivity contribution in [1.29, 1.82) is 0 Å². The third-order valence-corrected chi connectivity index (χ3v) is 5.38. The van der Waals surface area contributed by atoms with E-state index < -0.39 is 0 Å². The van der Waals surface area contributed by atoms with E-state index in [1.807, 2.05) is 48.5 Å². The smallest absolute Gasteiger partial charge is 0.271 e. The average molecular weight is 403 g/mol. The topological polar surface area (TPSA) is 63.2 Å². The first-order chi connectivity index (χ1) is 14.7. The molecule has 4 rings (SSSR count). The number of anilines is 1. The van der Waals surface area contributed by atoms with Crippen molar-refractivity contribution in [3.8, 4) is 11.5 Å². The fourth-order valence-electron chi connectivity index (χ4n) is 3.86. The molecule has 3 aromatic carbocycles. The summed E-state index contributed by atoms with van der Waals surface area (Å²) in [4.78, 5) is 15.0. The molecule has 0 bridgehead atoms. The molecular formula is C24H25N3O3. The molecule has 0 aromatic heterocycles. The summed E-state index contributed by atoms with van der Waals surface area (Å²) in [7, 11) is 3.28. The number of hydrazone groups is 1. The highest BCUT2D eigenvalue weighted by atomic mass is 16.5. The molecule has 30 heavy (non-hydrogen) atoms. The van der Waals surface area contributed by atoms with E-state index in [0.29, 0.717) is 11.3 Å². The summed E-state index contributed by atoms with van der Waals surface area (Å²) in [6.45, 7) is 2.02. The first-order valence-electron chi connectivity index (χ1n) is 10.0. The predicted molar refractivity (Wildman–Crippen MR) is 120 cm³/mol. The normalized spacial score (nSPS) is 13.7. The molecule has 1 heterocycles. The lowest BCUT2D eigenvalue weighted by atomic mass is 10.0. The lowest BCUT2D eigenvalue weighted by molar-refractivity contribution is 0.0957. The summed E-state index contributed by atoms with van der Waals surface area (Å²) >= 11 is 0.